The first-order chi connectivity index (χ1) is 5.24. The molecule has 57 valence electrons. The number of carbonyl (C=O) groups is 1. The lowest BCUT2D eigenvalue weighted by molar-refractivity contribution is 0.0697. The van der Waals surface area contributed by atoms with Crippen LogP contribution in [-0.4, -0.2) is 18.2 Å². The second-order valence-corrected chi connectivity index (χ2v) is 1.95. The molecule has 3 heteroatoms. The number of hydrogen-bond acceptors (Lipinski definition) is 2. The molecule has 1 aromatic rings. The van der Waals surface area contributed by atoms with Crippen molar-refractivity contribution < 1.29 is 14.6 Å². The highest BCUT2D eigenvalue weighted by atomic mass is 16.5. The van der Waals surface area contributed by atoms with Gasteiger partial charge in [-0.05, 0) is 18.2 Å². The zero-order chi connectivity index (χ0) is 8.27. The summed E-state index contributed by atoms with van der Waals surface area (Å²) in [6.45, 7) is 0. The van der Waals surface area contributed by atoms with Crippen LogP contribution in [0.4, 0.5) is 0 Å². The summed E-state index contributed by atoms with van der Waals surface area (Å²) in [5.74, 6) is -0.418. The van der Waals surface area contributed by atoms with E-state index in [1.54, 1.807) is 6.07 Å². The molecule has 0 atom stereocenters. The molecule has 1 aromatic carbocycles. The highest BCUT2D eigenvalue weighted by Crippen LogP contribution is 2.09. The molecule has 0 heterocycles. The lowest BCUT2D eigenvalue weighted by Crippen LogP contribution is -1.95. The third-order valence-electron chi connectivity index (χ3n) is 1.25. The van der Waals surface area contributed by atoms with Crippen LogP contribution in [0.15, 0.2) is 18.2 Å². The molecule has 1 radical (unpaired) electrons. The lowest BCUT2D eigenvalue weighted by atomic mass is 10.2. The molecular formula is C8H7O3. The van der Waals surface area contributed by atoms with Crippen molar-refractivity contribution >= 4 is 5.97 Å². The average molecular weight is 151 g/mol. The number of rotatable bonds is 2. The smallest absolute Gasteiger partial charge is 0.335 e. The fraction of sp³-hybridized carbons (Fsp3) is 0.125. The second-order valence-electron chi connectivity index (χ2n) is 1.95. The van der Waals surface area contributed by atoms with Gasteiger partial charge in [0.2, 0.25) is 0 Å². The normalized spacial score (nSPS) is 9.18. The summed E-state index contributed by atoms with van der Waals surface area (Å²) in [5.41, 5.74) is 0.214. The monoisotopic (exact) mass is 151 g/mol. The van der Waals surface area contributed by atoms with Gasteiger partial charge in [0.15, 0.2) is 0 Å². The van der Waals surface area contributed by atoms with Gasteiger partial charge in [-0.3, -0.25) is 0 Å². The molecule has 0 spiro atoms. The van der Waals surface area contributed by atoms with Gasteiger partial charge in [0.25, 0.3) is 0 Å². The Labute approximate surface area is 64.2 Å². The summed E-state index contributed by atoms with van der Waals surface area (Å²) in [5, 5.41) is 8.49. The van der Waals surface area contributed by atoms with Gasteiger partial charge in [-0.1, -0.05) is 0 Å². The van der Waals surface area contributed by atoms with Crippen molar-refractivity contribution in [3.05, 3.63) is 29.8 Å². The molecule has 11 heavy (non-hydrogen) atoms. The minimum Gasteiger partial charge on any atom is -0.496 e. The summed E-state index contributed by atoms with van der Waals surface area (Å²) in [7, 11) is 1.51. The van der Waals surface area contributed by atoms with E-state index in [0.717, 1.165) is 0 Å². The molecule has 0 saturated heterocycles. The van der Waals surface area contributed by atoms with Gasteiger partial charge in [-0.15, -0.1) is 0 Å². The molecule has 0 saturated carbocycles. The van der Waals surface area contributed by atoms with Crippen LogP contribution in [0.1, 0.15) is 10.4 Å². The van der Waals surface area contributed by atoms with E-state index in [2.05, 4.69) is 6.07 Å². The number of ether oxygens (including phenoxy) is 1. The van der Waals surface area contributed by atoms with Gasteiger partial charge in [0, 0.05) is 6.07 Å². The van der Waals surface area contributed by atoms with Gasteiger partial charge in [-0.2, -0.15) is 0 Å². The van der Waals surface area contributed by atoms with Crippen LogP contribution in [0.5, 0.6) is 5.75 Å². The molecule has 0 fully saturated rings. The summed E-state index contributed by atoms with van der Waals surface area (Å²) < 4.78 is 4.80. The maximum Gasteiger partial charge on any atom is 0.335 e. The highest BCUT2D eigenvalue weighted by Gasteiger charge is 2.00. The zero-order valence-corrected chi connectivity index (χ0v) is 6.00. The minimum atomic E-state index is -0.955. The third kappa shape index (κ3) is 1.70. The number of aromatic carboxylic acids is 1. The minimum absolute atomic E-state index is 0.214. The van der Waals surface area contributed by atoms with E-state index in [9.17, 15) is 4.79 Å². The van der Waals surface area contributed by atoms with E-state index >= 15 is 0 Å². The first kappa shape index (κ1) is 7.60. The molecule has 0 aliphatic rings. The lowest BCUT2D eigenvalue weighted by Gasteiger charge is -1.97. The van der Waals surface area contributed by atoms with Gasteiger partial charge in [-0.25, -0.2) is 4.79 Å². The molecule has 0 aromatic heterocycles. The molecule has 0 bridgehead atoms. The first-order valence-corrected chi connectivity index (χ1v) is 3.03. The average Bonchev–Trinajstić information content (AvgIpc) is 2.05. The Kier molecular flexibility index (Phi) is 2.11. The van der Waals surface area contributed by atoms with Gasteiger partial charge in [0.1, 0.15) is 5.75 Å². The summed E-state index contributed by atoms with van der Waals surface area (Å²) in [6.07, 6.45) is 0. The predicted molar refractivity (Wildman–Crippen MR) is 38.8 cm³/mol. The largest absolute Gasteiger partial charge is 0.496 e. The molecule has 1 N–H and O–H groups in total. The molecule has 0 amide bonds. The van der Waals surface area contributed by atoms with Crippen LogP contribution in [0.25, 0.3) is 0 Å². The predicted octanol–water partition coefficient (Wildman–Crippen LogP) is 1.19. The zero-order valence-electron chi connectivity index (χ0n) is 6.00. The molecular weight excluding hydrogens is 144 g/mol. The van der Waals surface area contributed by atoms with Crippen molar-refractivity contribution in [3.63, 3.8) is 0 Å². The molecule has 0 unspecified atom stereocenters. The van der Waals surface area contributed by atoms with Crippen molar-refractivity contribution in [3.8, 4) is 5.75 Å². The van der Waals surface area contributed by atoms with Crippen molar-refractivity contribution in [1.82, 2.24) is 0 Å². The molecule has 1 rings (SSSR count). The Bertz CT molecular complexity index is 251. The maximum atomic E-state index is 10.3. The van der Waals surface area contributed by atoms with E-state index in [1.807, 2.05) is 0 Å². The van der Waals surface area contributed by atoms with Gasteiger partial charge in [0.05, 0.1) is 12.7 Å². The van der Waals surface area contributed by atoms with E-state index in [-0.39, 0.29) is 5.56 Å². The van der Waals surface area contributed by atoms with Crippen LogP contribution in [0.2, 0.25) is 0 Å². The Hall–Kier alpha value is -1.51. The SMILES string of the molecule is COc1[c]cc(C(=O)O)cc1. The number of benzene rings is 1. The van der Waals surface area contributed by atoms with Crippen LogP contribution >= 0.6 is 0 Å². The standard InChI is InChI=1S/C8H7O3/c1-11-7-4-2-6(3-5-7)8(9)10/h2-4H,1H3,(H,9,10). The number of carboxylic acid groups (broad SMARTS) is 1. The van der Waals surface area contributed by atoms with Crippen molar-refractivity contribution in [1.29, 1.82) is 0 Å². The molecule has 0 aliphatic carbocycles. The van der Waals surface area contributed by atoms with E-state index in [0.29, 0.717) is 5.75 Å². The van der Waals surface area contributed by atoms with Crippen LogP contribution in [0, 0.1) is 6.07 Å². The fourth-order valence-corrected chi connectivity index (χ4v) is 0.671. The Balaban J connectivity index is 2.91. The quantitative estimate of drug-likeness (QED) is 0.690. The van der Waals surface area contributed by atoms with E-state index in [4.69, 9.17) is 9.84 Å². The third-order valence-corrected chi connectivity index (χ3v) is 1.25. The fourth-order valence-electron chi connectivity index (χ4n) is 0.671. The molecule has 3 nitrogen and oxygen atoms in total. The van der Waals surface area contributed by atoms with Gasteiger partial charge >= 0.3 is 5.97 Å². The Morgan fingerprint density at radius 1 is 1.64 bits per heavy atom. The second kappa shape index (κ2) is 3.05. The number of carboxylic acids is 1. The van der Waals surface area contributed by atoms with E-state index < -0.39 is 5.97 Å². The number of hydrogen-bond donors (Lipinski definition) is 1. The summed E-state index contributed by atoms with van der Waals surface area (Å²) >= 11 is 0. The first-order valence-electron chi connectivity index (χ1n) is 3.03. The molecule has 0 aliphatic heterocycles. The van der Waals surface area contributed by atoms with Crippen molar-refractivity contribution in [2.75, 3.05) is 7.11 Å². The van der Waals surface area contributed by atoms with Crippen molar-refractivity contribution in [2.45, 2.75) is 0 Å². The summed E-state index contributed by atoms with van der Waals surface area (Å²) in [4.78, 5) is 10.3. The van der Waals surface area contributed by atoms with Crippen LogP contribution in [-0.2, 0) is 0 Å². The van der Waals surface area contributed by atoms with Crippen molar-refractivity contribution in [2.24, 2.45) is 0 Å². The Morgan fingerprint density at radius 3 is 2.73 bits per heavy atom. The van der Waals surface area contributed by atoms with Crippen LogP contribution < -0.4 is 4.74 Å². The summed E-state index contributed by atoms with van der Waals surface area (Å²) in [6, 6.07) is 7.07. The topological polar surface area (TPSA) is 46.5 Å². The Morgan fingerprint density at radius 2 is 2.36 bits per heavy atom. The highest BCUT2D eigenvalue weighted by molar-refractivity contribution is 5.87. The number of methoxy groups -OCH3 is 1. The van der Waals surface area contributed by atoms with Crippen LogP contribution in [0.3, 0.4) is 0 Å². The van der Waals surface area contributed by atoms with E-state index in [1.165, 1.54) is 19.2 Å². The van der Waals surface area contributed by atoms with Gasteiger partial charge < -0.3 is 9.84 Å². The maximum absolute atomic E-state index is 10.3.